The molecule has 5 heteroatoms. The zero-order chi connectivity index (χ0) is 18.5. The predicted molar refractivity (Wildman–Crippen MR) is 119 cm³/mol. The molecule has 0 saturated heterocycles. The smallest absolute Gasteiger partial charge is 0.143 e. The maximum Gasteiger partial charge on any atom is 0.143 e. The Hall–Kier alpha value is -1.30. The lowest BCUT2D eigenvalue weighted by molar-refractivity contribution is 0.269. The molecule has 2 aromatic rings. The first-order valence-corrected chi connectivity index (χ1v) is 11.2. The summed E-state index contributed by atoms with van der Waals surface area (Å²) in [6.07, 6.45) is 14.9. The normalized spacial score (nSPS) is 21.4. The molecule has 0 fully saturated rings. The summed E-state index contributed by atoms with van der Waals surface area (Å²) in [5.41, 5.74) is 3.67. The second kappa shape index (κ2) is 6.94. The van der Waals surface area contributed by atoms with Gasteiger partial charge in [-0.2, -0.15) is 0 Å². The molecule has 1 aliphatic heterocycles. The summed E-state index contributed by atoms with van der Waals surface area (Å²) in [6, 6.07) is 6.14. The molecule has 0 saturated carbocycles. The van der Waals surface area contributed by atoms with Crippen molar-refractivity contribution in [2.45, 2.75) is 24.9 Å². The number of hydrogen-bond acceptors (Lipinski definition) is 2. The molecule has 2 atom stereocenters. The van der Waals surface area contributed by atoms with Gasteiger partial charge < -0.3 is 9.47 Å². The van der Waals surface area contributed by atoms with Gasteiger partial charge in [-0.05, 0) is 80.1 Å². The van der Waals surface area contributed by atoms with Crippen molar-refractivity contribution in [3.63, 3.8) is 0 Å². The standard InChI is InChI=1S/C22H15Br3O2/c23-16-10-21(22(25)14-7-2-1-5-12(14)16)27-20-9-15-13-6-3-4-8-18(13)26-19(15)11-17(20)24/h2-4,6-11,13,18H,1,5H2. The third-order valence-electron chi connectivity index (χ3n) is 5.16. The Morgan fingerprint density at radius 3 is 2.70 bits per heavy atom. The van der Waals surface area contributed by atoms with Crippen molar-refractivity contribution in [2.24, 2.45) is 0 Å². The fourth-order valence-electron chi connectivity index (χ4n) is 3.83. The number of allylic oxidation sites excluding steroid dienone is 3. The van der Waals surface area contributed by atoms with Crippen molar-refractivity contribution in [3.8, 4) is 17.2 Å². The first kappa shape index (κ1) is 17.8. The van der Waals surface area contributed by atoms with Gasteiger partial charge in [0.25, 0.3) is 0 Å². The van der Waals surface area contributed by atoms with Crippen LogP contribution in [-0.2, 0) is 6.42 Å². The van der Waals surface area contributed by atoms with Gasteiger partial charge in [0.15, 0.2) is 0 Å². The van der Waals surface area contributed by atoms with Crippen LogP contribution in [0, 0.1) is 0 Å². The van der Waals surface area contributed by atoms with E-state index in [0.717, 1.165) is 49.1 Å². The van der Waals surface area contributed by atoms with Crippen LogP contribution in [0.2, 0.25) is 0 Å². The average Bonchev–Trinajstić information content (AvgIpc) is 3.03. The SMILES string of the molecule is Brc1cc2c(cc1Oc1cc(Br)c3c(c1Br)C=CCC3)C1C=CC=CC1O2. The Kier molecular flexibility index (Phi) is 4.57. The fraction of sp³-hybridized carbons (Fsp3) is 0.182. The minimum atomic E-state index is 0.0712. The summed E-state index contributed by atoms with van der Waals surface area (Å²) in [6.45, 7) is 0. The van der Waals surface area contributed by atoms with Gasteiger partial charge in [-0.15, -0.1) is 0 Å². The lowest BCUT2D eigenvalue weighted by Gasteiger charge is -2.19. The van der Waals surface area contributed by atoms with Crippen LogP contribution >= 0.6 is 47.8 Å². The molecule has 0 radical (unpaired) electrons. The lowest BCUT2D eigenvalue weighted by atomic mass is 9.92. The largest absolute Gasteiger partial charge is 0.485 e. The van der Waals surface area contributed by atoms with Gasteiger partial charge in [0.2, 0.25) is 0 Å². The Balaban J connectivity index is 1.55. The van der Waals surface area contributed by atoms with Gasteiger partial charge in [0, 0.05) is 16.0 Å². The van der Waals surface area contributed by atoms with E-state index in [1.165, 1.54) is 11.1 Å². The van der Waals surface area contributed by atoms with Crippen LogP contribution in [0.4, 0.5) is 0 Å². The van der Waals surface area contributed by atoms with E-state index in [2.05, 4.69) is 84.2 Å². The predicted octanol–water partition coefficient (Wildman–Crippen LogP) is 7.70. The van der Waals surface area contributed by atoms with E-state index in [-0.39, 0.29) is 12.0 Å². The quantitative estimate of drug-likeness (QED) is 0.381. The van der Waals surface area contributed by atoms with Crippen LogP contribution in [0.15, 0.2) is 62.0 Å². The molecule has 0 spiro atoms. The number of halogens is 3. The number of ether oxygens (including phenoxy) is 2. The highest BCUT2D eigenvalue weighted by Gasteiger charge is 2.33. The van der Waals surface area contributed by atoms with Gasteiger partial charge in [-0.3, -0.25) is 0 Å². The van der Waals surface area contributed by atoms with Crippen LogP contribution in [0.3, 0.4) is 0 Å². The molecule has 0 N–H and O–H groups in total. The van der Waals surface area contributed by atoms with Gasteiger partial charge in [-0.1, -0.05) is 46.3 Å². The number of hydrogen-bond donors (Lipinski definition) is 0. The zero-order valence-corrected chi connectivity index (χ0v) is 19.0. The molecule has 2 aromatic carbocycles. The second-order valence-corrected chi connectivity index (χ2v) is 9.31. The minimum Gasteiger partial charge on any atom is -0.485 e. The van der Waals surface area contributed by atoms with Gasteiger partial charge in [0.1, 0.15) is 23.4 Å². The van der Waals surface area contributed by atoms with Gasteiger partial charge >= 0.3 is 0 Å². The van der Waals surface area contributed by atoms with E-state index in [9.17, 15) is 0 Å². The van der Waals surface area contributed by atoms with Crippen LogP contribution < -0.4 is 9.47 Å². The molecular weight excluding hydrogens is 536 g/mol. The van der Waals surface area contributed by atoms with Crippen LogP contribution in [0.1, 0.15) is 29.0 Å². The van der Waals surface area contributed by atoms with E-state index in [4.69, 9.17) is 9.47 Å². The molecule has 5 rings (SSSR count). The highest BCUT2D eigenvalue weighted by atomic mass is 79.9. The van der Waals surface area contributed by atoms with Gasteiger partial charge in [-0.25, -0.2) is 0 Å². The summed E-state index contributed by atoms with van der Waals surface area (Å²) in [5, 5.41) is 0. The minimum absolute atomic E-state index is 0.0712. The van der Waals surface area contributed by atoms with E-state index < -0.39 is 0 Å². The average molecular weight is 551 g/mol. The van der Waals surface area contributed by atoms with Gasteiger partial charge in [0.05, 0.1) is 8.95 Å². The van der Waals surface area contributed by atoms with Crippen molar-refractivity contribution in [1.82, 2.24) is 0 Å². The maximum absolute atomic E-state index is 6.34. The molecule has 1 heterocycles. The molecule has 2 unspecified atom stereocenters. The van der Waals surface area contributed by atoms with Crippen molar-refractivity contribution < 1.29 is 9.47 Å². The first-order valence-electron chi connectivity index (χ1n) is 8.82. The summed E-state index contributed by atoms with van der Waals surface area (Å²) in [4.78, 5) is 0. The Morgan fingerprint density at radius 2 is 1.81 bits per heavy atom. The third kappa shape index (κ3) is 3.04. The van der Waals surface area contributed by atoms with Crippen molar-refractivity contribution in [2.75, 3.05) is 0 Å². The molecule has 27 heavy (non-hydrogen) atoms. The Labute approximate surface area is 183 Å². The summed E-state index contributed by atoms with van der Waals surface area (Å²) < 4.78 is 15.3. The third-order valence-corrected chi connectivity index (χ3v) is 7.31. The highest BCUT2D eigenvalue weighted by molar-refractivity contribution is 9.11. The molecule has 136 valence electrons. The van der Waals surface area contributed by atoms with E-state index in [0.29, 0.717) is 0 Å². The molecule has 0 aromatic heterocycles. The summed E-state index contributed by atoms with van der Waals surface area (Å²) in [5.74, 6) is 2.73. The maximum atomic E-state index is 6.34. The molecule has 2 aliphatic carbocycles. The number of fused-ring (bicyclic) bond motifs is 4. The molecule has 3 aliphatic rings. The van der Waals surface area contributed by atoms with Crippen LogP contribution in [0.25, 0.3) is 6.08 Å². The highest BCUT2D eigenvalue weighted by Crippen LogP contribution is 2.48. The van der Waals surface area contributed by atoms with Crippen molar-refractivity contribution >= 4 is 53.9 Å². The molecular formula is C22H15Br3O2. The Bertz CT molecular complexity index is 1040. The molecule has 0 amide bonds. The van der Waals surface area contributed by atoms with E-state index in [1.54, 1.807) is 0 Å². The van der Waals surface area contributed by atoms with Crippen molar-refractivity contribution in [1.29, 1.82) is 0 Å². The van der Waals surface area contributed by atoms with Crippen LogP contribution in [0.5, 0.6) is 17.2 Å². The zero-order valence-electron chi connectivity index (χ0n) is 14.2. The number of rotatable bonds is 2. The Morgan fingerprint density at radius 1 is 0.963 bits per heavy atom. The molecule has 2 nitrogen and oxygen atoms in total. The van der Waals surface area contributed by atoms with Crippen LogP contribution in [-0.4, -0.2) is 6.10 Å². The topological polar surface area (TPSA) is 18.5 Å². The summed E-state index contributed by atoms with van der Waals surface area (Å²) in [7, 11) is 0. The second-order valence-electron chi connectivity index (χ2n) is 6.80. The van der Waals surface area contributed by atoms with E-state index in [1.807, 2.05) is 18.2 Å². The van der Waals surface area contributed by atoms with E-state index >= 15 is 0 Å². The lowest BCUT2D eigenvalue weighted by Crippen LogP contribution is -2.15. The summed E-state index contributed by atoms with van der Waals surface area (Å²) >= 11 is 11.1. The van der Waals surface area contributed by atoms with Crippen molar-refractivity contribution in [3.05, 3.63) is 78.7 Å². The number of benzene rings is 2. The monoisotopic (exact) mass is 548 g/mol. The first-order chi connectivity index (χ1) is 13.1. The molecule has 0 bridgehead atoms. The fourth-order valence-corrected chi connectivity index (χ4v) is 5.42.